The number of halogens is 13. The van der Waals surface area contributed by atoms with Gasteiger partial charge >= 0.3 is 24.7 Å². The fraction of sp³-hybridized carbons (Fsp3) is 0.400. The van der Waals surface area contributed by atoms with Crippen molar-refractivity contribution in [2.45, 2.75) is 63.4 Å². The molecule has 0 saturated carbocycles. The Hall–Kier alpha value is -3.73. The minimum Gasteiger partial charge on any atom is -0.429 e. The molecule has 0 amide bonds. The van der Waals surface area contributed by atoms with Crippen LogP contribution in [0, 0.1) is 29.2 Å². The van der Waals surface area contributed by atoms with Crippen molar-refractivity contribution >= 4 is 0 Å². The molecular weight excluding hydrogens is 671 g/mol. The van der Waals surface area contributed by atoms with Gasteiger partial charge in [0.2, 0.25) is 0 Å². The quantitative estimate of drug-likeness (QED) is 0.187. The van der Waals surface area contributed by atoms with Crippen molar-refractivity contribution in [2.24, 2.45) is 5.92 Å². The fourth-order valence-electron chi connectivity index (χ4n) is 4.96. The zero-order valence-corrected chi connectivity index (χ0v) is 23.9. The van der Waals surface area contributed by atoms with Crippen molar-refractivity contribution in [2.75, 3.05) is 6.61 Å². The van der Waals surface area contributed by atoms with Gasteiger partial charge in [-0.3, -0.25) is 0 Å². The SMILES string of the molecule is CCCC1CCC(c2ccc(C(F)(F)Oc3cc(F)c(C(F)(F)Oc4ccc(C(F)(F)OC(F)(F)F)c(F)c4)c(F)c3)c(F)c2)OC1. The van der Waals surface area contributed by atoms with Crippen LogP contribution in [0.1, 0.15) is 61.0 Å². The van der Waals surface area contributed by atoms with Crippen molar-refractivity contribution in [3.05, 3.63) is 94.1 Å². The average Bonchev–Trinajstić information content (AvgIpc) is 2.91. The summed E-state index contributed by atoms with van der Waals surface area (Å²) in [6.07, 6.45) is -18.3. The highest BCUT2D eigenvalue weighted by atomic mass is 19.4. The smallest absolute Gasteiger partial charge is 0.429 e. The molecule has 47 heavy (non-hydrogen) atoms. The molecule has 4 rings (SSSR count). The van der Waals surface area contributed by atoms with Gasteiger partial charge in [-0.1, -0.05) is 19.4 Å². The maximum atomic E-state index is 14.9. The van der Waals surface area contributed by atoms with Crippen LogP contribution in [0.4, 0.5) is 57.1 Å². The van der Waals surface area contributed by atoms with Crippen LogP contribution in [0.15, 0.2) is 48.5 Å². The molecule has 0 aromatic heterocycles. The lowest BCUT2D eigenvalue weighted by atomic mass is 9.91. The van der Waals surface area contributed by atoms with E-state index in [4.69, 9.17) is 4.74 Å². The van der Waals surface area contributed by atoms with Crippen molar-refractivity contribution in [1.29, 1.82) is 0 Å². The molecule has 17 heteroatoms. The summed E-state index contributed by atoms with van der Waals surface area (Å²) in [7, 11) is 0. The molecule has 4 nitrogen and oxygen atoms in total. The summed E-state index contributed by atoms with van der Waals surface area (Å²) in [5, 5.41) is 0. The van der Waals surface area contributed by atoms with E-state index in [1.165, 1.54) is 0 Å². The van der Waals surface area contributed by atoms with Gasteiger partial charge in [0.25, 0.3) is 0 Å². The van der Waals surface area contributed by atoms with E-state index in [9.17, 15) is 57.1 Å². The first-order valence-electron chi connectivity index (χ1n) is 13.7. The Bertz CT molecular complexity index is 1540. The molecule has 3 aromatic carbocycles. The lowest BCUT2D eigenvalue weighted by Gasteiger charge is -2.29. The number of hydrogen-bond acceptors (Lipinski definition) is 4. The third kappa shape index (κ3) is 8.60. The van der Waals surface area contributed by atoms with Gasteiger partial charge in [-0.2, -0.15) is 26.3 Å². The maximum absolute atomic E-state index is 14.9. The molecule has 258 valence electrons. The first-order valence-corrected chi connectivity index (χ1v) is 13.7. The molecule has 1 aliphatic heterocycles. The summed E-state index contributed by atoms with van der Waals surface area (Å²) in [6.45, 7) is 2.41. The number of hydrogen-bond donors (Lipinski definition) is 0. The molecule has 1 fully saturated rings. The van der Waals surface area contributed by atoms with Crippen molar-refractivity contribution in [1.82, 2.24) is 0 Å². The highest BCUT2D eigenvalue weighted by molar-refractivity contribution is 5.36. The Kier molecular flexibility index (Phi) is 10.3. The van der Waals surface area contributed by atoms with Gasteiger partial charge in [0.1, 0.15) is 40.3 Å². The van der Waals surface area contributed by atoms with Gasteiger partial charge < -0.3 is 14.2 Å². The standard InChI is InChI=1S/C30H23F13O4/c1-2-3-15-4-9-25(44-14-15)16-5-7-19(21(31)10-16)27(35,36)46-18-12-23(33)26(24(34)13-18)29(39,40)45-17-6-8-20(22(32)11-17)28(37,38)47-30(41,42)43/h5-8,10-13,15,25H,2-4,9,14H2,1H3. The van der Waals surface area contributed by atoms with E-state index in [1.807, 2.05) is 6.92 Å². The second-order valence-electron chi connectivity index (χ2n) is 10.5. The normalized spacial score (nSPS) is 17.9. The second kappa shape index (κ2) is 13.4. The molecule has 1 aliphatic rings. The van der Waals surface area contributed by atoms with Crippen molar-refractivity contribution in [3.8, 4) is 11.5 Å². The molecule has 0 spiro atoms. The van der Waals surface area contributed by atoms with E-state index in [0.717, 1.165) is 31.4 Å². The number of benzene rings is 3. The van der Waals surface area contributed by atoms with Crippen LogP contribution >= 0.6 is 0 Å². The molecule has 2 atom stereocenters. The molecule has 0 N–H and O–H groups in total. The van der Waals surface area contributed by atoms with Gasteiger partial charge in [-0.15, -0.1) is 13.2 Å². The lowest BCUT2D eigenvalue weighted by Crippen LogP contribution is -2.29. The minimum atomic E-state index is -5.92. The van der Waals surface area contributed by atoms with E-state index >= 15 is 0 Å². The Morgan fingerprint density at radius 3 is 1.74 bits per heavy atom. The average molecular weight is 694 g/mol. The van der Waals surface area contributed by atoms with Crippen LogP contribution < -0.4 is 9.47 Å². The highest BCUT2D eigenvalue weighted by Gasteiger charge is 2.48. The second-order valence-corrected chi connectivity index (χ2v) is 10.5. The molecule has 0 bridgehead atoms. The summed E-state index contributed by atoms with van der Waals surface area (Å²) in [5.41, 5.74) is -5.36. The van der Waals surface area contributed by atoms with Crippen LogP contribution in [-0.4, -0.2) is 13.0 Å². The Labute approximate surface area is 258 Å². The summed E-state index contributed by atoms with van der Waals surface area (Å²) in [4.78, 5) is 0. The molecule has 1 saturated heterocycles. The molecule has 2 unspecified atom stereocenters. The molecule has 0 aliphatic carbocycles. The Morgan fingerprint density at radius 2 is 1.21 bits per heavy atom. The maximum Gasteiger partial charge on any atom is 0.527 e. The van der Waals surface area contributed by atoms with Crippen LogP contribution in [-0.2, 0) is 27.8 Å². The summed E-state index contributed by atoms with van der Waals surface area (Å²) >= 11 is 0. The minimum absolute atomic E-state index is 0.114. The Morgan fingerprint density at radius 1 is 0.660 bits per heavy atom. The van der Waals surface area contributed by atoms with Crippen LogP contribution in [0.25, 0.3) is 0 Å². The predicted molar refractivity (Wildman–Crippen MR) is 136 cm³/mol. The number of rotatable bonds is 11. The monoisotopic (exact) mass is 694 g/mol. The highest BCUT2D eigenvalue weighted by Crippen LogP contribution is 2.42. The van der Waals surface area contributed by atoms with Gasteiger partial charge in [-0.05, 0) is 55.0 Å². The van der Waals surface area contributed by atoms with Crippen molar-refractivity contribution < 1.29 is 76.0 Å². The summed E-state index contributed by atoms with van der Waals surface area (Å²) in [5.74, 6) is -10.6. The van der Waals surface area contributed by atoms with Crippen LogP contribution in [0.3, 0.4) is 0 Å². The first-order chi connectivity index (χ1) is 21.7. The molecular formula is C30H23F13O4. The fourth-order valence-corrected chi connectivity index (χ4v) is 4.96. The van der Waals surface area contributed by atoms with E-state index in [2.05, 4.69) is 14.2 Å². The first kappa shape index (κ1) is 36.1. The lowest BCUT2D eigenvalue weighted by molar-refractivity contribution is -0.432. The largest absolute Gasteiger partial charge is 0.527 e. The van der Waals surface area contributed by atoms with E-state index in [0.29, 0.717) is 25.0 Å². The number of ether oxygens (including phenoxy) is 4. The van der Waals surface area contributed by atoms with Gasteiger partial charge in [0, 0.05) is 18.2 Å². The van der Waals surface area contributed by atoms with Crippen LogP contribution in [0.2, 0.25) is 0 Å². The zero-order valence-electron chi connectivity index (χ0n) is 23.9. The van der Waals surface area contributed by atoms with E-state index in [-0.39, 0.29) is 35.9 Å². The molecule has 3 aromatic rings. The summed E-state index contributed by atoms with van der Waals surface area (Å²) in [6, 6.07) is 2.15. The molecule has 0 radical (unpaired) electrons. The van der Waals surface area contributed by atoms with Gasteiger partial charge in [0.05, 0.1) is 23.8 Å². The molecule has 1 heterocycles. The number of alkyl halides is 9. The van der Waals surface area contributed by atoms with Crippen molar-refractivity contribution in [3.63, 3.8) is 0 Å². The topological polar surface area (TPSA) is 36.9 Å². The Balaban J connectivity index is 1.50. The third-order valence-electron chi connectivity index (χ3n) is 7.04. The third-order valence-corrected chi connectivity index (χ3v) is 7.04. The van der Waals surface area contributed by atoms with E-state index in [1.54, 1.807) is 0 Å². The zero-order chi connectivity index (χ0) is 34.9. The predicted octanol–water partition coefficient (Wildman–Crippen LogP) is 10.4. The van der Waals surface area contributed by atoms with Gasteiger partial charge in [-0.25, -0.2) is 22.3 Å². The van der Waals surface area contributed by atoms with Gasteiger partial charge in [0.15, 0.2) is 0 Å². The van der Waals surface area contributed by atoms with Crippen LogP contribution in [0.5, 0.6) is 11.5 Å². The summed E-state index contributed by atoms with van der Waals surface area (Å²) < 4.78 is 197. The van der Waals surface area contributed by atoms with E-state index < -0.39 is 82.3 Å².